The number of hydrogen-bond acceptors (Lipinski definition) is 6. The minimum atomic E-state index is -4.49. The molecule has 0 aliphatic carbocycles. The van der Waals surface area contributed by atoms with Crippen molar-refractivity contribution in [3.05, 3.63) is 82.9 Å². The van der Waals surface area contributed by atoms with E-state index in [-0.39, 0.29) is 47.5 Å². The maximum atomic E-state index is 11.9. The summed E-state index contributed by atoms with van der Waals surface area (Å²) in [6.07, 6.45) is 62.3. The summed E-state index contributed by atoms with van der Waals surface area (Å²) in [7, 11) is -8.99. The Balaban J connectivity index is 0.000000547. The normalized spacial score (nSPS) is 11.8. The van der Waals surface area contributed by atoms with Gasteiger partial charge in [-0.2, -0.15) is 0 Å². The van der Waals surface area contributed by atoms with E-state index in [0.29, 0.717) is 10.8 Å². The predicted octanol–water partition coefficient (Wildman–Crippen LogP) is 22.5. The van der Waals surface area contributed by atoms with Crippen LogP contribution in [0, 0.1) is 0 Å². The third-order valence-corrected chi connectivity index (χ3v) is 18.9. The van der Waals surface area contributed by atoms with Gasteiger partial charge in [0, 0.05) is 0 Å². The summed E-state index contributed by atoms with van der Waals surface area (Å²) in [5, 5.41) is 3.12. The molecule has 6 nitrogen and oxygen atoms in total. The molecule has 0 saturated heterocycles. The molecule has 0 heterocycles. The zero-order valence-electron chi connectivity index (χ0n) is 52.7. The molecule has 4 rings (SSSR count). The van der Waals surface area contributed by atoms with E-state index in [1.54, 1.807) is 12.1 Å². The third-order valence-electron chi connectivity index (χ3n) is 17.2. The number of aryl methyl sites for hydroxylation is 4. The topological polar surface area (TPSA) is 114 Å². The average molecular weight is 1180 g/mol. The van der Waals surface area contributed by atoms with Gasteiger partial charge in [0.25, 0.3) is 0 Å². The van der Waals surface area contributed by atoms with Crippen LogP contribution in [0.2, 0.25) is 0 Å². The first-order valence-corrected chi connectivity index (χ1v) is 36.8. The van der Waals surface area contributed by atoms with E-state index in [9.17, 15) is 25.9 Å². The predicted molar refractivity (Wildman–Crippen MR) is 350 cm³/mol. The van der Waals surface area contributed by atoms with Crippen LogP contribution in [-0.4, -0.2) is 63.7 Å². The van der Waals surface area contributed by atoms with Crippen molar-refractivity contribution in [2.24, 2.45) is 0 Å². The number of benzene rings is 4. The number of unbranched alkanes of at least 4 members (excludes halogenated alkanes) is 40. The molecular weight excluding hydrogens is 1060 g/mol. The van der Waals surface area contributed by atoms with E-state index >= 15 is 0 Å². The fourth-order valence-corrected chi connectivity index (χ4v) is 13.6. The fraction of sp³-hybridized carbons (Fsp3) is 0.722. The summed E-state index contributed by atoms with van der Waals surface area (Å²) in [4.78, 5) is -0.155. The quantitative estimate of drug-likeness (QED) is 0.0247. The summed E-state index contributed by atoms with van der Waals surface area (Å²) < 4.78 is 71.6. The Kier molecular flexibility index (Phi) is 45.3. The molecule has 0 N–H and O–H groups in total. The number of rotatable bonds is 50. The number of hydrogen-bond donors (Lipinski definition) is 0. The van der Waals surface area contributed by atoms with Crippen LogP contribution < -0.4 is 0 Å². The maximum absolute atomic E-state index is 11.9. The molecular formula is C72H118CaO6S2. The van der Waals surface area contributed by atoms with Crippen LogP contribution in [0.25, 0.3) is 21.5 Å². The smallest absolute Gasteiger partial charge is 0.744 e. The van der Waals surface area contributed by atoms with Gasteiger partial charge in [0.15, 0.2) is 0 Å². The molecule has 0 radical (unpaired) electrons. The van der Waals surface area contributed by atoms with Crippen LogP contribution in [-0.2, 0) is 45.9 Å². The van der Waals surface area contributed by atoms with E-state index in [1.165, 1.54) is 304 Å². The van der Waals surface area contributed by atoms with Gasteiger partial charge in [-0.3, -0.25) is 0 Å². The van der Waals surface area contributed by atoms with Gasteiger partial charge in [-0.15, -0.1) is 0 Å². The molecule has 9 heteroatoms. The Labute approximate surface area is 529 Å². The van der Waals surface area contributed by atoms with Crippen molar-refractivity contribution in [1.82, 2.24) is 0 Å². The second kappa shape index (κ2) is 48.6. The molecule has 0 saturated carbocycles. The SMILES string of the molecule is CCCCCCCCCCCCCc1ccc2c(S(=O)(=O)[O-])cccc2c1CCCCCCCCCCCCC.CCCCCCCCCCCCCc1ccc2c(S(=O)(=O)[O-])cccc2c1CCCCCCCCCCCCC.[Ca+2]. The molecule has 0 atom stereocenters. The average Bonchev–Trinajstić information content (AvgIpc) is 3.51. The van der Waals surface area contributed by atoms with Crippen molar-refractivity contribution < 1.29 is 25.9 Å². The second-order valence-electron chi connectivity index (χ2n) is 24.2. The van der Waals surface area contributed by atoms with Crippen molar-refractivity contribution in [3.63, 3.8) is 0 Å². The minimum Gasteiger partial charge on any atom is -0.744 e. The minimum absolute atomic E-state index is 0. The van der Waals surface area contributed by atoms with Gasteiger partial charge in [-0.25, -0.2) is 16.8 Å². The summed E-state index contributed by atoms with van der Waals surface area (Å²) in [5.74, 6) is 0. The first-order valence-electron chi connectivity index (χ1n) is 34.0. The van der Waals surface area contributed by atoms with Crippen LogP contribution in [0.3, 0.4) is 0 Å². The zero-order chi connectivity index (χ0) is 57.8. The van der Waals surface area contributed by atoms with Gasteiger partial charge >= 0.3 is 37.7 Å². The largest absolute Gasteiger partial charge is 2.00 e. The molecule has 0 bridgehead atoms. The Morgan fingerprint density at radius 3 is 0.691 bits per heavy atom. The maximum Gasteiger partial charge on any atom is 2.00 e. The van der Waals surface area contributed by atoms with Gasteiger partial charge in [0.05, 0.1) is 9.79 Å². The van der Waals surface area contributed by atoms with Crippen molar-refractivity contribution in [1.29, 1.82) is 0 Å². The van der Waals surface area contributed by atoms with E-state index in [0.717, 1.165) is 49.3 Å². The molecule has 0 spiro atoms. The van der Waals surface area contributed by atoms with Gasteiger partial charge in [-0.05, 0) is 107 Å². The standard InChI is InChI=1S/2C36H60O3S.Ca/c2*1-3-5-7-9-11-13-15-17-19-21-23-26-32-30-31-35-34(28-25-29-36(35)40(37,38)39)33(32)27-24-22-20-18-16-14-12-10-8-6-4-2;/h2*25,28-31H,3-24,26-27H2,1-2H3,(H,37,38,39);/q;;+2/p-2. The summed E-state index contributed by atoms with van der Waals surface area (Å²) >= 11 is 0. The molecule has 0 unspecified atom stereocenters. The van der Waals surface area contributed by atoms with Crippen molar-refractivity contribution in [2.75, 3.05) is 0 Å². The Morgan fingerprint density at radius 1 is 0.259 bits per heavy atom. The summed E-state index contributed by atoms with van der Waals surface area (Å²) in [6, 6.07) is 18.4. The van der Waals surface area contributed by atoms with Crippen molar-refractivity contribution in [3.8, 4) is 0 Å². The molecule has 4 aromatic carbocycles. The first-order chi connectivity index (χ1) is 39.0. The fourth-order valence-electron chi connectivity index (χ4n) is 12.3. The van der Waals surface area contributed by atoms with Crippen LogP contribution in [0.1, 0.15) is 332 Å². The second-order valence-corrected chi connectivity index (χ2v) is 26.9. The van der Waals surface area contributed by atoms with Crippen molar-refractivity contribution in [2.45, 2.75) is 346 Å². The Hall–Kier alpha value is -1.52. The van der Waals surface area contributed by atoms with Gasteiger partial charge in [-0.1, -0.05) is 333 Å². The van der Waals surface area contributed by atoms with Gasteiger partial charge < -0.3 is 9.11 Å². The molecule has 4 aromatic rings. The van der Waals surface area contributed by atoms with E-state index in [2.05, 4.69) is 39.8 Å². The van der Waals surface area contributed by atoms with Gasteiger partial charge in [0.1, 0.15) is 20.2 Å². The molecule has 0 fully saturated rings. The summed E-state index contributed by atoms with van der Waals surface area (Å²) in [5.41, 5.74) is 5.23. The zero-order valence-corrected chi connectivity index (χ0v) is 56.5. The molecule has 81 heavy (non-hydrogen) atoms. The van der Waals surface area contributed by atoms with Crippen LogP contribution in [0.15, 0.2) is 70.5 Å². The van der Waals surface area contributed by atoms with Crippen LogP contribution in [0.5, 0.6) is 0 Å². The molecule has 0 aliphatic heterocycles. The van der Waals surface area contributed by atoms with Gasteiger partial charge in [0.2, 0.25) is 0 Å². The molecule has 456 valence electrons. The van der Waals surface area contributed by atoms with E-state index in [4.69, 9.17) is 0 Å². The molecule has 0 aliphatic rings. The molecule has 0 amide bonds. The Morgan fingerprint density at radius 2 is 0.469 bits per heavy atom. The summed E-state index contributed by atoms with van der Waals surface area (Å²) in [6.45, 7) is 9.08. The first kappa shape index (κ1) is 75.6. The van der Waals surface area contributed by atoms with E-state index < -0.39 is 20.2 Å². The third kappa shape index (κ3) is 33.8. The molecule has 0 aromatic heterocycles. The number of fused-ring (bicyclic) bond motifs is 2. The van der Waals surface area contributed by atoms with Crippen LogP contribution >= 0.6 is 0 Å². The van der Waals surface area contributed by atoms with E-state index in [1.807, 2.05) is 24.3 Å². The van der Waals surface area contributed by atoms with Crippen molar-refractivity contribution >= 4 is 79.5 Å². The van der Waals surface area contributed by atoms with Crippen LogP contribution in [0.4, 0.5) is 0 Å². The monoisotopic (exact) mass is 1180 g/mol. The Bertz CT molecular complexity index is 2230.